The van der Waals surface area contributed by atoms with Crippen molar-refractivity contribution in [2.45, 2.75) is 20.5 Å². The molecule has 8 heteroatoms. The molecule has 0 saturated heterocycles. The summed E-state index contributed by atoms with van der Waals surface area (Å²) in [5, 5.41) is 3.94. The van der Waals surface area contributed by atoms with Gasteiger partial charge in [-0.05, 0) is 37.1 Å². The highest BCUT2D eigenvalue weighted by Gasteiger charge is 2.25. The summed E-state index contributed by atoms with van der Waals surface area (Å²) >= 11 is 0. The van der Waals surface area contributed by atoms with Gasteiger partial charge in [0, 0.05) is 12.6 Å². The third kappa shape index (κ3) is 3.32. The van der Waals surface area contributed by atoms with E-state index < -0.39 is 17.4 Å². The van der Waals surface area contributed by atoms with Crippen LogP contribution in [-0.4, -0.2) is 26.5 Å². The Balaban J connectivity index is 1.77. The highest BCUT2D eigenvalue weighted by molar-refractivity contribution is 6.42. The SMILES string of the molecule is Cc1noc(C)c1-c1cc(C(=O)C(=O)OCc2ccccc2)c2c(c1)[nH]c(=O)n2C. The van der Waals surface area contributed by atoms with Gasteiger partial charge in [-0.25, -0.2) is 9.59 Å². The van der Waals surface area contributed by atoms with Gasteiger partial charge in [0.15, 0.2) is 0 Å². The largest absolute Gasteiger partial charge is 0.455 e. The molecule has 0 saturated carbocycles. The number of hydrogen-bond donors (Lipinski definition) is 1. The van der Waals surface area contributed by atoms with E-state index in [2.05, 4.69) is 10.1 Å². The van der Waals surface area contributed by atoms with Gasteiger partial charge in [-0.15, -0.1) is 0 Å². The summed E-state index contributed by atoms with van der Waals surface area (Å²) in [5.74, 6) is -1.26. The van der Waals surface area contributed by atoms with E-state index in [-0.39, 0.29) is 12.2 Å². The zero-order chi connectivity index (χ0) is 21.4. The number of fused-ring (bicyclic) bond motifs is 1. The number of aromatic nitrogens is 3. The van der Waals surface area contributed by atoms with Gasteiger partial charge in [0.25, 0.3) is 5.78 Å². The molecule has 0 aliphatic carbocycles. The van der Waals surface area contributed by atoms with Gasteiger partial charge >= 0.3 is 11.7 Å². The van der Waals surface area contributed by atoms with Crippen LogP contribution in [0, 0.1) is 13.8 Å². The molecular weight excluding hydrogens is 386 g/mol. The van der Waals surface area contributed by atoms with E-state index >= 15 is 0 Å². The van der Waals surface area contributed by atoms with Crippen molar-refractivity contribution in [1.29, 1.82) is 0 Å². The van der Waals surface area contributed by atoms with E-state index in [0.29, 0.717) is 33.6 Å². The van der Waals surface area contributed by atoms with Crippen molar-refractivity contribution < 1.29 is 18.8 Å². The molecule has 0 aliphatic heterocycles. The summed E-state index contributed by atoms with van der Waals surface area (Å²) in [4.78, 5) is 40.4. The molecule has 0 bridgehead atoms. The molecular formula is C22H19N3O5. The predicted octanol–water partition coefficient (Wildman–Crippen LogP) is 3.06. The number of aromatic amines is 1. The van der Waals surface area contributed by atoms with Crippen molar-refractivity contribution in [3.63, 3.8) is 0 Å². The summed E-state index contributed by atoms with van der Waals surface area (Å²) < 4.78 is 11.7. The molecule has 0 radical (unpaired) electrons. The molecule has 1 N–H and O–H groups in total. The number of H-pyrrole nitrogens is 1. The Kier molecular flexibility index (Phi) is 4.83. The van der Waals surface area contributed by atoms with Crippen LogP contribution < -0.4 is 5.69 Å². The minimum absolute atomic E-state index is 0.0236. The maximum Gasteiger partial charge on any atom is 0.380 e. The average Bonchev–Trinajstić information content (AvgIpc) is 3.23. The van der Waals surface area contributed by atoms with E-state index in [1.807, 2.05) is 18.2 Å². The van der Waals surface area contributed by atoms with Gasteiger partial charge in [-0.1, -0.05) is 35.5 Å². The van der Waals surface area contributed by atoms with Crippen molar-refractivity contribution in [2.75, 3.05) is 0 Å². The molecule has 2 aromatic carbocycles. The fourth-order valence-electron chi connectivity index (χ4n) is 3.50. The lowest BCUT2D eigenvalue weighted by molar-refractivity contribution is -0.139. The number of carbonyl (C=O) groups is 2. The number of Topliss-reactive ketones (excluding diaryl/α,β-unsaturated/α-hetero) is 1. The van der Waals surface area contributed by atoms with Crippen LogP contribution in [0.15, 0.2) is 51.8 Å². The molecule has 0 aliphatic rings. The van der Waals surface area contributed by atoms with Crippen LogP contribution in [0.1, 0.15) is 27.4 Å². The number of carbonyl (C=O) groups excluding carboxylic acids is 2. The summed E-state index contributed by atoms with van der Waals surface area (Å²) in [6.45, 7) is 3.51. The topological polar surface area (TPSA) is 107 Å². The van der Waals surface area contributed by atoms with E-state index in [1.165, 1.54) is 11.6 Å². The average molecular weight is 405 g/mol. The van der Waals surface area contributed by atoms with Crippen molar-refractivity contribution in [1.82, 2.24) is 14.7 Å². The third-order valence-electron chi connectivity index (χ3n) is 4.96. The summed E-state index contributed by atoms with van der Waals surface area (Å²) in [7, 11) is 1.53. The Bertz CT molecular complexity index is 1310. The first kappa shape index (κ1) is 19.4. The molecule has 0 fully saturated rings. The Morgan fingerprint density at radius 2 is 1.90 bits per heavy atom. The number of hydrogen-bond acceptors (Lipinski definition) is 6. The second-order valence-corrected chi connectivity index (χ2v) is 7.00. The minimum Gasteiger partial charge on any atom is -0.455 e. The van der Waals surface area contributed by atoms with E-state index in [1.54, 1.807) is 38.1 Å². The Morgan fingerprint density at radius 3 is 2.57 bits per heavy atom. The molecule has 0 atom stereocenters. The summed E-state index contributed by atoms with van der Waals surface area (Å²) in [6, 6.07) is 12.4. The molecule has 0 amide bonds. The monoisotopic (exact) mass is 405 g/mol. The number of rotatable bonds is 5. The number of nitrogens with one attached hydrogen (secondary N) is 1. The number of ether oxygens (including phenoxy) is 1. The van der Waals surface area contributed by atoms with Gasteiger partial charge in [0.2, 0.25) is 0 Å². The van der Waals surface area contributed by atoms with Crippen LogP contribution in [0.2, 0.25) is 0 Å². The Labute approximate surface area is 171 Å². The number of esters is 1. The third-order valence-corrected chi connectivity index (χ3v) is 4.96. The number of aryl methyl sites for hydroxylation is 3. The first-order valence-corrected chi connectivity index (χ1v) is 9.28. The van der Waals surface area contributed by atoms with Crippen molar-refractivity contribution in [2.24, 2.45) is 7.05 Å². The van der Waals surface area contributed by atoms with E-state index in [0.717, 1.165) is 5.56 Å². The Morgan fingerprint density at radius 1 is 1.17 bits per heavy atom. The Hall–Kier alpha value is -3.94. The van der Waals surface area contributed by atoms with Crippen LogP contribution >= 0.6 is 0 Å². The van der Waals surface area contributed by atoms with E-state index in [4.69, 9.17) is 9.26 Å². The normalized spacial score (nSPS) is 11.0. The zero-order valence-corrected chi connectivity index (χ0v) is 16.7. The first-order chi connectivity index (χ1) is 14.4. The second-order valence-electron chi connectivity index (χ2n) is 7.00. The molecule has 30 heavy (non-hydrogen) atoms. The van der Waals surface area contributed by atoms with Crippen molar-refractivity contribution in [3.8, 4) is 11.1 Å². The van der Waals surface area contributed by atoms with Gasteiger partial charge in [0.1, 0.15) is 12.4 Å². The zero-order valence-electron chi connectivity index (χ0n) is 16.7. The maximum absolute atomic E-state index is 13.0. The molecule has 2 heterocycles. The van der Waals surface area contributed by atoms with E-state index in [9.17, 15) is 14.4 Å². The second kappa shape index (κ2) is 7.47. The fraction of sp³-hybridized carbons (Fsp3) is 0.182. The van der Waals surface area contributed by atoms with Crippen LogP contribution in [0.3, 0.4) is 0 Å². The lowest BCUT2D eigenvalue weighted by atomic mass is 9.98. The van der Waals surface area contributed by atoms with Gasteiger partial charge in [0.05, 0.1) is 22.3 Å². The highest BCUT2D eigenvalue weighted by atomic mass is 16.5. The summed E-state index contributed by atoms with van der Waals surface area (Å²) in [6.07, 6.45) is 0. The molecule has 8 nitrogen and oxygen atoms in total. The molecule has 2 aromatic heterocycles. The minimum atomic E-state index is -0.996. The molecule has 0 spiro atoms. The fourth-order valence-corrected chi connectivity index (χ4v) is 3.50. The van der Waals surface area contributed by atoms with Crippen molar-refractivity contribution in [3.05, 3.63) is 75.5 Å². The van der Waals surface area contributed by atoms with Gasteiger partial charge in [-0.3, -0.25) is 9.36 Å². The first-order valence-electron chi connectivity index (χ1n) is 9.28. The number of benzene rings is 2. The van der Waals surface area contributed by atoms with Gasteiger partial charge < -0.3 is 14.2 Å². The lowest BCUT2D eigenvalue weighted by Gasteiger charge is -2.09. The molecule has 4 aromatic rings. The standard InChI is InChI=1S/C22H19N3O5/c1-12-18(13(2)30-24-12)15-9-16(19-17(10-15)23-22(28)25(19)3)20(26)21(27)29-11-14-7-5-4-6-8-14/h4-10H,11H2,1-3H3,(H,23,28). The van der Waals surface area contributed by atoms with Crippen LogP contribution in [0.4, 0.5) is 0 Å². The van der Waals surface area contributed by atoms with Crippen LogP contribution in [0.5, 0.6) is 0 Å². The summed E-state index contributed by atoms with van der Waals surface area (Å²) in [5.41, 5.74) is 3.15. The predicted molar refractivity (Wildman–Crippen MR) is 109 cm³/mol. The molecule has 0 unspecified atom stereocenters. The number of ketones is 1. The molecule has 152 valence electrons. The maximum atomic E-state index is 13.0. The quantitative estimate of drug-likeness (QED) is 0.311. The van der Waals surface area contributed by atoms with Crippen LogP contribution in [-0.2, 0) is 23.2 Å². The van der Waals surface area contributed by atoms with Gasteiger partial charge in [-0.2, -0.15) is 0 Å². The number of nitrogens with zero attached hydrogens (tertiary/aromatic N) is 2. The molecule has 4 rings (SSSR count). The number of imidazole rings is 1. The van der Waals surface area contributed by atoms with Crippen LogP contribution in [0.25, 0.3) is 22.2 Å². The lowest BCUT2D eigenvalue weighted by Crippen LogP contribution is -2.19. The highest BCUT2D eigenvalue weighted by Crippen LogP contribution is 2.31. The van der Waals surface area contributed by atoms with Crippen molar-refractivity contribution >= 4 is 22.8 Å². The smallest absolute Gasteiger partial charge is 0.380 e.